The molecule has 11 heteroatoms. The Kier molecular flexibility index (Phi) is 7.49. The zero-order valence-corrected chi connectivity index (χ0v) is 19.9. The Labute approximate surface area is 209 Å². The van der Waals surface area contributed by atoms with Crippen molar-refractivity contribution in [1.29, 1.82) is 0 Å². The first kappa shape index (κ1) is 25.1. The Balaban J connectivity index is 1.74. The molecule has 0 bridgehead atoms. The van der Waals surface area contributed by atoms with Crippen molar-refractivity contribution in [1.82, 2.24) is 4.98 Å². The van der Waals surface area contributed by atoms with Crippen molar-refractivity contribution in [3.8, 4) is 11.5 Å². The molecule has 2 aromatic carbocycles. The molecule has 0 unspecified atom stereocenters. The third-order valence-electron chi connectivity index (χ3n) is 5.50. The average Bonchev–Trinajstić information content (AvgIpc) is 3.56. The van der Waals surface area contributed by atoms with Gasteiger partial charge in [-0.2, -0.15) is 13.2 Å². The second-order valence-corrected chi connectivity index (χ2v) is 8.77. The molecular formula is C25H24F3N5O2S. The summed E-state index contributed by atoms with van der Waals surface area (Å²) >= 11 is 1.16. The molecule has 1 fully saturated rings. The van der Waals surface area contributed by atoms with Crippen LogP contribution in [0.3, 0.4) is 0 Å². The van der Waals surface area contributed by atoms with E-state index in [-0.39, 0.29) is 28.6 Å². The van der Waals surface area contributed by atoms with Gasteiger partial charge < -0.3 is 26.4 Å². The molecule has 1 aliphatic heterocycles. The van der Waals surface area contributed by atoms with Gasteiger partial charge in [0.05, 0.1) is 11.4 Å². The number of allylic oxidation sites excluding steroid dienone is 2. The van der Waals surface area contributed by atoms with Crippen molar-refractivity contribution in [2.75, 3.05) is 23.3 Å². The van der Waals surface area contributed by atoms with E-state index in [1.807, 2.05) is 0 Å². The maximum atomic E-state index is 14.4. The van der Waals surface area contributed by atoms with Crippen LogP contribution in [-0.4, -0.2) is 24.0 Å². The molecule has 5 N–H and O–H groups in total. The number of rotatable bonds is 7. The van der Waals surface area contributed by atoms with E-state index < -0.39 is 17.6 Å². The number of anilines is 2. The predicted molar refractivity (Wildman–Crippen MR) is 135 cm³/mol. The summed E-state index contributed by atoms with van der Waals surface area (Å²) in [5.74, 6) is -0.704. The van der Waals surface area contributed by atoms with Crippen LogP contribution in [0.5, 0.6) is 11.5 Å². The van der Waals surface area contributed by atoms with E-state index >= 15 is 0 Å². The maximum Gasteiger partial charge on any atom is 0.422 e. The smallest absolute Gasteiger partial charge is 0.422 e. The zero-order chi connectivity index (χ0) is 25.7. The standard InChI is InChI=1S/C25H24F3N5O2S/c26-25(27,28)21-20(35-17-6-2-1-3-7-17)9-8-18(22(21)33-12-4-5-13-33)31-23(34)19-15-36-24(32-19)16(14-30)10-11-29/h1-3,6-11,14-15H,4-5,12-13,29-30H2,(H,31,34)/b11-10-,16-14+. The molecular weight excluding hydrogens is 491 g/mol. The van der Waals surface area contributed by atoms with Crippen LogP contribution >= 0.6 is 11.3 Å². The van der Waals surface area contributed by atoms with Gasteiger partial charge in [-0.15, -0.1) is 11.3 Å². The van der Waals surface area contributed by atoms with Gasteiger partial charge in [0.15, 0.2) is 0 Å². The fraction of sp³-hybridized carbons (Fsp3) is 0.200. The minimum Gasteiger partial charge on any atom is -0.457 e. The number of hydrogen-bond donors (Lipinski definition) is 3. The van der Waals surface area contributed by atoms with E-state index in [1.54, 1.807) is 35.2 Å². The normalized spacial score (nSPS) is 14.4. The van der Waals surface area contributed by atoms with Crippen molar-refractivity contribution in [3.63, 3.8) is 0 Å². The van der Waals surface area contributed by atoms with Crippen LogP contribution in [0.1, 0.15) is 33.9 Å². The van der Waals surface area contributed by atoms with Gasteiger partial charge in [-0.05, 0) is 49.4 Å². The molecule has 0 saturated carbocycles. The zero-order valence-electron chi connectivity index (χ0n) is 19.1. The molecule has 0 atom stereocenters. The summed E-state index contributed by atoms with van der Waals surface area (Å²) in [6, 6.07) is 10.9. The number of benzene rings is 2. The van der Waals surface area contributed by atoms with Gasteiger partial charge in [0.2, 0.25) is 0 Å². The largest absolute Gasteiger partial charge is 0.457 e. The van der Waals surface area contributed by atoms with E-state index in [0.717, 1.165) is 24.2 Å². The number of nitrogens with zero attached hydrogens (tertiary/aromatic N) is 2. The van der Waals surface area contributed by atoms with Gasteiger partial charge in [-0.1, -0.05) is 18.2 Å². The molecule has 2 heterocycles. The molecule has 0 radical (unpaired) electrons. The van der Waals surface area contributed by atoms with Gasteiger partial charge >= 0.3 is 6.18 Å². The fourth-order valence-electron chi connectivity index (χ4n) is 3.92. The summed E-state index contributed by atoms with van der Waals surface area (Å²) < 4.78 is 49.0. The van der Waals surface area contributed by atoms with Crippen LogP contribution in [0.2, 0.25) is 0 Å². The van der Waals surface area contributed by atoms with Crippen molar-refractivity contribution in [2.45, 2.75) is 19.0 Å². The first-order valence-corrected chi connectivity index (χ1v) is 12.0. The van der Waals surface area contributed by atoms with Crippen molar-refractivity contribution in [2.24, 2.45) is 11.5 Å². The molecule has 36 heavy (non-hydrogen) atoms. The molecule has 1 aromatic heterocycles. The molecule has 3 aromatic rings. The molecule has 4 rings (SSSR count). The fourth-order valence-corrected chi connectivity index (χ4v) is 4.72. The van der Waals surface area contributed by atoms with Crippen LogP contribution in [0, 0.1) is 0 Å². The summed E-state index contributed by atoms with van der Waals surface area (Å²) in [7, 11) is 0. The predicted octanol–water partition coefficient (Wildman–Crippen LogP) is 5.58. The molecule has 1 amide bonds. The Morgan fingerprint density at radius 1 is 1.11 bits per heavy atom. The molecule has 1 saturated heterocycles. The number of nitrogens with two attached hydrogens (primary N) is 2. The summed E-state index contributed by atoms with van der Waals surface area (Å²) in [5, 5.41) is 4.58. The van der Waals surface area contributed by atoms with Gasteiger partial charge in [-0.25, -0.2) is 4.98 Å². The highest BCUT2D eigenvalue weighted by atomic mass is 32.1. The van der Waals surface area contributed by atoms with Crippen LogP contribution < -0.4 is 26.4 Å². The number of hydrogen-bond acceptors (Lipinski definition) is 7. The lowest BCUT2D eigenvalue weighted by Crippen LogP contribution is -2.25. The maximum absolute atomic E-state index is 14.4. The van der Waals surface area contributed by atoms with E-state index in [9.17, 15) is 18.0 Å². The highest BCUT2D eigenvalue weighted by Crippen LogP contribution is 2.48. The number of aromatic nitrogens is 1. The number of carbonyl (C=O) groups excluding carboxylic acids is 1. The topological polar surface area (TPSA) is 106 Å². The van der Waals surface area contributed by atoms with E-state index in [4.69, 9.17) is 16.2 Å². The van der Waals surface area contributed by atoms with E-state index in [1.165, 1.54) is 36.0 Å². The lowest BCUT2D eigenvalue weighted by molar-refractivity contribution is -0.138. The Morgan fingerprint density at radius 3 is 2.47 bits per heavy atom. The summed E-state index contributed by atoms with van der Waals surface area (Å²) in [5.41, 5.74) is 10.5. The van der Waals surface area contributed by atoms with Crippen molar-refractivity contribution in [3.05, 3.63) is 82.6 Å². The number of thiazole rings is 1. The number of ether oxygens (including phenoxy) is 1. The number of amides is 1. The SMILES string of the molecule is N/C=C\C(=C/N)c1nc(C(=O)Nc2ccc(Oc3ccccc3)c(C(F)(F)F)c2N2CCCC2)cs1. The minimum atomic E-state index is -4.73. The van der Waals surface area contributed by atoms with Crippen molar-refractivity contribution < 1.29 is 22.7 Å². The number of nitrogens with one attached hydrogen (secondary N) is 1. The molecule has 1 aliphatic rings. The summed E-state index contributed by atoms with van der Waals surface area (Å²) in [6.07, 6.45) is 0.884. The summed E-state index contributed by atoms with van der Waals surface area (Å²) in [4.78, 5) is 18.9. The highest BCUT2D eigenvalue weighted by Gasteiger charge is 2.41. The van der Waals surface area contributed by atoms with Gasteiger partial charge in [-0.3, -0.25) is 4.79 Å². The number of alkyl halides is 3. The lowest BCUT2D eigenvalue weighted by atomic mass is 10.1. The van der Waals surface area contributed by atoms with Crippen LogP contribution in [0.4, 0.5) is 24.5 Å². The second kappa shape index (κ2) is 10.7. The number of halogens is 3. The molecule has 7 nitrogen and oxygen atoms in total. The van der Waals surface area contributed by atoms with E-state index in [0.29, 0.717) is 23.7 Å². The second-order valence-electron chi connectivity index (χ2n) is 7.92. The Hall–Kier alpha value is -3.99. The number of para-hydroxylation sites is 1. The summed E-state index contributed by atoms with van der Waals surface area (Å²) in [6.45, 7) is 0.856. The van der Waals surface area contributed by atoms with Gasteiger partial charge in [0, 0.05) is 30.2 Å². The van der Waals surface area contributed by atoms with Crippen LogP contribution in [0.15, 0.2) is 66.3 Å². The third kappa shape index (κ3) is 5.46. The average molecular weight is 516 g/mol. The monoisotopic (exact) mass is 515 g/mol. The lowest BCUT2D eigenvalue weighted by Gasteiger charge is -2.27. The Bertz CT molecular complexity index is 1280. The molecule has 0 spiro atoms. The van der Waals surface area contributed by atoms with Crippen LogP contribution in [0.25, 0.3) is 5.57 Å². The molecule has 188 valence electrons. The van der Waals surface area contributed by atoms with Crippen LogP contribution in [-0.2, 0) is 6.18 Å². The Morgan fingerprint density at radius 2 is 1.83 bits per heavy atom. The first-order valence-electron chi connectivity index (χ1n) is 11.1. The van der Waals surface area contributed by atoms with Gasteiger partial charge in [0.1, 0.15) is 27.8 Å². The quantitative estimate of drug-likeness (QED) is 0.355. The number of carbonyl (C=O) groups is 1. The third-order valence-corrected chi connectivity index (χ3v) is 6.40. The van der Waals surface area contributed by atoms with Crippen molar-refractivity contribution >= 4 is 34.2 Å². The minimum absolute atomic E-state index is 0.0284. The highest BCUT2D eigenvalue weighted by molar-refractivity contribution is 7.11. The van der Waals surface area contributed by atoms with E-state index in [2.05, 4.69) is 10.3 Å². The first-order chi connectivity index (χ1) is 17.3. The van der Waals surface area contributed by atoms with Gasteiger partial charge in [0.25, 0.3) is 5.91 Å². The molecule has 0 aliphatic carbocycles.